The molecule has 8 heteroatoms. The number of primary amides is 1. The quantitative estimate of drug-likeness (QED) is 0.465. The molecule has 2 aliphatic rings. The lowest BCUT2D eigenvalue weighted by atomic mass is 10.1. The van der Waals surface area contributed by atoms with Gasteiger partial charge in [-0.2, -0.15) is 0 Å². The third-order valence-electron chi connectivity index (χ3n) is 6.96. The Morgan fingerprint density at radius 2 is 1.65 bits per heavy atom. The minimum absolute atomic E-state index is 0.242. The average molecular weight is 497 g/mol. The molecule has 188 valence electrons. The second-order valence-electron chi connectivity index (χ2n) is 9.44. The number of nitrogens with zero attached hydrogens (tertiary/aromatic N) is 2. The topological polar surface area (TPSA) is 113 Å². The number of carbonyl (C=O) groups is 4. The van der Waals surface area contributed by atoms with Crippen LogP contribution in [0.2, 0.25) is 0 Å². The number of carbonyl (C=O) groups excluding carboxylic acids is 4. The van der Waals surface area contributed by atoms with E-state index in [1.54, 1.807) is 18.2 Å². The van der Waals surface area contributed by atoms with E-state index in [0.717, 1.165) is 30.5 Å². The van der Waals surface area contributed by atoms with E-state index >= 15 is 0 Å². The van der Waals surface area contributed by atoms with Crippen molar-refractivity contribution in [2.24, 2.45) is 5.73 Å². The molecule has 1 saturated heterocycles. The molecule has 2 aliphatic heterocycles. The van der Waals surface area contributed by atoms with E-state index in [4.69, 9.17) is 5.73 Å². The lowest BCUT2D eigenvalue weighted by Crippen LogP contribution is -2.39. The highest BCUT2D eigenvalue weighted by Crippen LogP contribution is 2.25. The normalized spacial score (nSPS) is 17.2. The van der Waals surface area contributed by atoms with Gasteiger partial charge in [-0.25, -0.2) is 0 Å². The lowest BCUT2D eigenvalue weighted by molar-refractivity contribution is -0.122. The largest absolute Gasteiger partial charge is 0.368 e. The number of anilines is 1. The number of rotatable bonds is 8. The van der Waals surface area contributed by atoms with Crippen molar-refractivity contribution in [3.63, 3.8) is 0 Å². The highest BCUT2D eigenvalue weighted by molar-refractivity contribution is 6.22. The Hall–Kier alpha value is -4.30. The van der Waals surface area contributed by atoms with Gasteiger partial charge in [-0.15, -0.1) is 0 Å². The Morgan fingerprint density at radius 3 is 2.43 bits per heavy atom. The maximum Gasteiger partial charge on any atom is 0.261 e. The third-order valence-corrected chi connectivity index (χ3v) is 6.96. The van der Waals surface area contributed by atoms with E-state index in [1.807, 2.05) is 48.5 Å². The van der Waals surface area contributed by atoms with Crippen LogP contribution in [0.1, 0.15) is 55.0 Å². The van der Waals surface area contributed by atoms with Gasteiger partial charge in [-0.1, -0.05) is 42.5 Å². The Labute approximate surface area is 215 Å². The highest BCUT2D eigenvalue weighted by Gasteiger charge is 2.35. The number of nitrogens with two attached hydrogens (primary N) is 1. The summed E-state index contributed by atoms with van der Waals surface area (Å²) in [7, 11) is 0. The van der Waals surface area contributed by atoms with Crippen LogP contribution in [0, 0.1) is 0 Å². The molecule has 4 amide bonds. The van der Waals surface area contributed by atoms with Gasteiger partial charge in [0.25, 0.3) is 17.7 Å². The molecule has 3 aromatic carbocycles. The minimum atomic E-state index is -0.387. The fraction of sp³-hybridized carbons (Fsp3) is 0.241. The Balaban J connectivity index is 1.26. The summed E-state index contributed by atoms with van der Waals surface area (Å²) in [6.07, 6.45) is 2.25. The van der Waals surface area contributed by atoms with Crippen molar-refractivity contribution in [1.82, 2.24) is 9.80 Å². The zero-order valence-corrected chi connectivity index (χ0v) is 20.4. The molecule has 37 heavy (non-hydrogen) atoms. The summed E-state index contributed by atoms with van der Waals surface area (Å²) < 4.78 is 0. The molecule has 1 unspecified atom stereocenters. The van der Waals surface area contributed by atoms with E-state index in [2.05, 4.69) is 10.2 Å². The van der Waals surface area contributed by atoms with Crippen LogP contribution in [-0.4, -0.2) is 52.6 Å². The van der Waals surface area contributed by atoms with Crippen LogP contribution in [0.4, 0.5) is 5.69 Å². The van der Waals surface area contributed by atoms with Crippen LogP contribution in [-0.2, 0) is 17.8 Å². The van der Waals surface area contributed by atoms with Gasteiger partial charge < -0.3 is 11.1 Å². The van der Waals surface area contributed by atoms with E-state index in [-0.39, 0.29) is 41.8 Å². The zero-order valence-electron chi connectivity index (χ0n) is 20.4. The number of amides is 4. The van der Waals surface area contributed by atoms with E-state index < -0.39 is 0 Å². The molecular formula is C29H28N4O4. The van der Waals surface area contributed by atoms with E-state index in [0.29, 0.717) is 29.8 Å². The fourth-order valence-electron chi connectivity index (χ4n) is 5.04. The molecule has 8 nitrogen and oxygen atoms in total. The van der Waals surface area contributed by atoms with Crippen LogP contribution in [0.3, 0.4) is 0 Å². The predicted octanol–water partition coefficient (Wildman–Crippen LogP) is 3.23. The molecule has 0 radical (unpaired) electrons. The minimum Gasteiger partial charge on any atom is -0.368 e. The number of benzene rings is 3. The number of imide groups is 1. The molecule has 0 aromatic heterocycles. The maximum absolute atomic E-state index is 13.0. The summed E-state index contributed by atoms with van der Waals surface area (Å²) in [5, 5.41) is 2.87. The van der Waals surface area contributed by atoms with E-state index in [1.165, 1.54) is 11.0 Å². The van der Waals surface area contributed by atoms with Gasteiger partial charge in [-0.05, 0) is 67.3 Å². The molecular weight excluding hydrogens is 468 g/mol. The average Bonchev–Trinajstić information content (AvgIpc) is 3.46. The summed E-state index contributed by atoms with van der Waals surface area (Å²) in [5.41, 5.74) is 8.97. The van der Waals surface area contributed by atoms with Gasteiger partial charge in [0, 0.05) is 24.3 Å². The van der Waals surface area contributed by atoms with Gasteiger partial charge in [0.1, 0.15) is 0 Å². The highest BCUT2D eigenvalue weighted by atomic mass is 16.2. The second-order valence-corrected chi connectivity index (χ2v) is 9.44. The number of likely N-dealkylation sites (tertiary alicyclic amines) is 1. The van der Waals surface area contributed by atoms with Crippen molar-refractivity contribution in [2.45, 2.75) is 31.8 Å². The van der Waals surface area contributed by atoms with Crippen LogP contribution in [0.5, 0.6) is 0 Å². The Bertz CT molecular complexity index is 1370. The van der Waals surface area contributed by atoms with Crippen LogP contribution >= 0.6 is 0 Å². The molecule has 0 aliphatic carbocycles. The molecule has 3 aromatic rings. The van der Waals surface area contributed by atoms with Crippen molar-refractivity contribution >= 4 is 29.3 Å². The molecule has 0 bridgehead atoms. The van der Waals surface area contributed by atoms with E-state index in [9.17, 15) is 19.2 Å². The standard InChI is InChI=1S/C29H28N4O4/c30-26(34)25-10-5-14-32(25)18-20-8-4-9-22(16-20)31-27(35)21-11-12-23-24(17-21)29(37)33(28(23)36)15-13-19-6-2-1-3-7-19/h1-4,6-9,11-12,16-17,25H,5,10,13-15,18H2,(H2,30,34)(H,31,35). The summed E-state index contributed by atoms with van der Waals surface area (Å²) in [6, 6.07) is 21.4. The van der Waals surface area contributed by atoms with Gasteiger partial charge in [0.05, 0.1) is 17.2 Å². The molecule has 1 atom stereocenters. The lowest BCUT2D eigenvalue weighted by Gasteiger charge is -2.22. The smallest absolute Gasteiger partial charge is 0.261 e. The first kappa shape index (κ1) is 24.4. The van der Waals surface area contributed by atoms with Crippen molar-refractivity contribution in [2.75, 3.05) is 18.4 Å². The van der Waals surface area contributed by atoms with Crippen molar-refractivity contribution in [1.29, 1.82) is 0 Å². The summed E-state index contributed by atoms with van der Waals surface area (Å²) in [6.45, 7) is 1.64. The van der Waals surface area contributed by atoms with Gasteiger partial charge in [0.15, 0.2) is 0 Å². The van der Waals surface area contributed by atoms with Crippen molar-refractivity contribution < 1.29 is 19.2 Å². The van der Waals surface area contributed by atoms with Crippen LogP contribution in [0.25, 0.3) is 0 Å². The van der Waals surface area contributed by atoms with Crippen LogP contribution in [0.15, 0.2) is 72.8 Å². The predicted molar refractivity (Wildman–Crippen MR) is 139 cm³/mol. The van der Waals surface area contributed by atoms with Crippen molar-refractivity contribution in [3.8, 4) is 0 Å². The van der Waals surface area contributed by atoms with Gasteiger partial charge in [-0.3, -0.25) is 29.0 Å². The molecule has 2 heterocycles. The van der Waals surface area contributed by atoms with Gasteiger partial charge in [0.2, 0.25) is 5.91 Å². The monoisotopic (exact) mass is 496 g/mol. The molecule has 1 fully saturated rings. The number of fused-ring (bicyclic) bond motifs is 1. The molecule has 0 saturated carbocycles. The van der Waals surface area contributed by atoms with Crippen LogP contribution < -0.4 is 11.1 Å². The molecule has 0 spiro atoms. The third kappa shape index (κ3) is 5.15. The first-order chi connectivity index (χ1) is 17.9. The number of nitrogens with one attached hydrogen (secondary N) is 1. The molecule has 5 rings (SSSR count). The Kier molecular flexibility index (Phi) is 6.83. The maximum atomic E-state index is 13.0. The number of hydrogen-bond donors (Lipinski definition) is 2. The second kappa shape index (κ2) is 10.4. The number of hydrogen-bond acceptors (Lipinski definition) is 5. The Morgan fingerprint density at radius 1 is 0.892 bits per heavy atom. The molecule has 3 N–H and O–H groups in total. The fourth-order valence-corrected chi connectivity index (χ4v) is 5.04. The summed E-state index contributed by atoms with van der Waals surface area (Å²) in [4.78, 5) is 53.8. The zero-order chi connectivity index (χ0) is 25.9. The first-order valence-corrected chi connectivity index (χ1v) is 12.4. The van der Waals surface area contributed by atoms with Crippen molar-refractivity contribution in [3.05, 3.63) is 101 Å². The first-order valence-electron chi connectivity index (χ1n) is 12.4. The summed E-state index contributed by atoms with van der Waals surface area (Å²) >= 11 is 0. The SMILES string of the molecule is NC(=O)C1CCCN1Cc1cccc(NC(=O)c2ccc3c(c2)C(=O)N(CCc2ccccc2)C3=O)c1. The summed E-state index contributed by atoms with van der Waals surface area (Å²) in [5.74, 6) is -1.42. The van der Waals surface area contributed by atoms with Gasteiger partial charge >= 0.3 is 0 Å².